The number of nitrogens with one attached hydrogen (secondary N) is 1. The van der Waals surface area contributed by atoms with Crippen molar-refractivity contribution in [3.05, 3.63) is 48.0 Å². The monoisotopic (exact) mass is 271 g/mol. The number of halogens is 4. The second-order valence-electron chi connectivity index (χ2n) is 3.82. The van der Waals surface area contributed by atoms with Crippen LogP contribution in [0.15, 0.2) is 36.7 Å². The molecule has 2 aromatic rings. The number of anilines is 3. The van der Waals surface area contributed by atoms with E-state index in [4.69, 9.17) is 5.73 Å². The first kappa shape index (κ1) is 13.1. The van der Waals surface area contributed by atoms with Gasteiger partial charge in [0, 0.05) is 6.20 Å². The van der Waals surface area contributed by atoms with Crippen molar-refractivity contribution in [1.29, 1.82) is 0 Å². The van der Waals surface area contributed by atoms with Crippen LogP contribution >= 0.6 is 0 Å². The fourth-order valence-electron chi connectivity index (χ4n) is 1.48. The summed E-state index contributed by atoms with van der Waals surface area (Å²) in [6, 6.07) is 3.56. The molecule has 0 saturated heterocycles. The Hall–Kier alpha value is -2.31. The second-order valence-corrected chi connectivity index (χ2v) is 3.82. The Labute approximate surface area is 106 Å². The smallest absolute Gasteiger partial charge is 0.397 e. The van der Waals surface area contributed by atoms with E-state index in [0.717, 1.165) is 6.07 Å². The fourth-order valence-corrected chi connectivity index (χ4v) is 1.48. The van der Waals surface area contributed by atoms with Crippen LogP contribution in [-0.2, 0) is 6.18 Å². The lowest BCUT2D eigenvalue weighted by atomic mass is 10.2. The summed E-state index contributed by atoms with van der Waals surface area (Å²) in [7, 11) is 0. The lowest BCUT2D eigenvalue weighted by molar-refractivity contribution is -0.137. The van der Waals surface area contributed by atoms with E-state index in [0.29, 0.717) is 23.5 Å². The van der Waals surface area contributed by atoms with Crippen LogP contribution in [0.1, 0.15) is 5.56 Å². The molecule has 19 heavy (non-hydrogen) atoms. The fraction of sp³-hybridized carbons (Fsp3) is 0.0833. The molecular weight excluding hydrogens is 262 g/mol. The minimum absolute atomic E-state index is 0.290. The molecule has 0 spiro atoms. The number of rotatable bonds is 2. The molecule has 0 radical (unpaired) electrons. The zero-order valence-electron chi connectivity index (χ0n) is 9.50. The molecule has 0 amide bonds. The summed E-state index contributed by atoms with van der Waals surface area (Å²) in [6.07, 6.45) is -1.83. The number of pyridine rings is 1. The van der Waals surface area contributed by atoms with Gasteiger partial charge in [-0.2, -0.15) is 13.2 Å². The number of hydrogen-bond donors (Lipinski definition) is 2. The Morgan fingerprint density at radius 2 is 1.84 bits per heavy atom. The van der Waals surface area contributed by atoms with Crippen LogP contribution in [-0.4, -0.2) is 4.98 Å². The van der Waals surface area contributed by atoms with E-state index in [1.165, 1.54) is 18.5 Å². The molecule has 3 N–H and O–H groups in total. The van der Waals surface area contributed by atoms with E-state index in [1.54, 1.807) is 0 Å². The Kier molecular flexibility index (Phi) is 3.28. The molecule has 100 valence electrons. The first-order chi connectivity index (χ1) is 8.86. The summed E-state index contributed by atoms with van der Waals surface area (Å²) in [5, 5.41) is 2.51. The quantitative estimate of drug-likeness (QED) is 0.821. The molecule has 3 nitrogen and oxygen atoms in total. The van der Waals surface area contributed by atoms with Gasteiger partial charge in [0.1, 0.15) is 5.82 Å². The Morgan fingerprint density at radius 1 is 1.11 bits per heavy atom. The maximum Gasteiger partial charge on any atom is 0.416 e. The summed E-state index contributed by atoms with van der Waals surface area (Å²) >= 11 is 0. The average Bonchev–Trinajstić information content (AvgIpc) is 2.30. The van der Waals surface area contributed by atoms with Gasteiger partial charge in [-0.25, -0.2) is 4.39 Å². The summed E-state index contributed by atoms with van der Waals surface area (Å²) in [5.74, 6) is -0.796. The van der Waals surface area contributed by atoms with Gasteiger partial charge in [-0.1, -0.05) is 0 Å². The van der Waals surface area contributed by atoms with Gasteiger partial charge in [-0.05, 0) is 24.3 Å². The number of nitrogens with two attached hydrogens (primary N) is 1. The minimum Gasteiger partial charge on any atom is -0.397 e. The summed E-state index contributed by atoms with van der Waals surface area (Å²) in [6.45, 7) is 0. The van der Waals surface area contributed by atoms with Crippen LogP contribution in [0.4, 0.5) is 34.6 Å². The van der Waals surface area contributed by atoms with E-state index in [2.05, 4.69) is 10.3 Å². The topological polar surface area (TPSA) is 50.9 Å². The molecule has 1 aromatic heterocycles. The zero-order chi connectivity index (χ0) is 14.0. The molecule has 0 atom stereocenters. The third kappa shape index (κ3) is 3.12. The summed E-state index contributed by atoms with van der Waals surface area (Å²) in [5.41, 5.74) is 4.87. The lowest BCUT2D eigenvalue weighted by Crippen LogP contribution is -2.06. The first-order valence-corrected chi connectivity index (χ1v) is 5.20. The number of aromatic nitrogens is 1. The second kappa shape index (κ2) is 4.75. The van der Waals surface area contributed by atoms with Gasteiger partial charge in [0.2, 0.25) is 0 Å². The molecule has 2 rings (SSSR count). The Bertz CT molecular complexity index is 596. The van der Waals surface area contributed by atoms with Crippen molar-refractivity contribution in [1.82, 2.24) is 4.98 Å². The Morgan fingerprint density at radius 3 is 2.47 bits per heavy atom. The van der Waals surface area contributed by atoms with Gasteiger partial charge in [-0.3, -0.25) is 4.98 Å². The molecule has 0 aliphatic heterocycles. The number of nitrogens with zero attached hydrogens (tertiary/aromatic N) is 1. The van der Waals surface area contributed by atoms with E-state index < -0.39 is 17.6 Å². The molecule has 0 aliphatic rings. The van der Waals surface area contributed by atoms with Crippen LogP contribution in [0.5, 0.6) is 0 Å². The van der Waals surface area contributed by atoms with Crippen molar-refractivity contribution in [3.63, 3.8) is 0 Å². The van der Waals surface area contributed by atoms with E-state index in [-0.39, 0.29) is 5.69 Å². The molecule has 7 heteroatoms. The summed E-state index contributed by atoms with van der Waals surface area (Å²) < 4.78 is 51.0. The van der Waals surface area contributed by atoms with Crippen LogP contribution in [0.25, 0.3) is 0 Å². The molecular formula is C12H9F4N3. The van der Waals surface area contributed by atoms with Crippen molar-refractivity contribution in [2.75, 3.05) is 11.1 Å². The number of alkyl halides is 3. The Balaban J connectivity index is 2.34. The van der Waals surface area contributed by atoms with Crippen LogP contribution < -0.4 is 11.1 Å². The normalized spacial score (nSPS) is 11.4. The molecule has 0 aliphatic carbocycles. The predicted octanol–water partition coefficient (Wildman–Crippen LogP) is 3.57. The van der Waals surface area contributed by atoms with Gasteiger partial charge >= 0.3 is 6.18 Å². The van der Waals surface area contributed by atoms with Crippen molar-refractivity contribution >= 4 is 17.1 Å². The summed E-state index contributed by atoms with van der Waals surface area (Å²) in [4.78, 5) is 3.75. The molecule has 0 bridgehead atoms. The van der Waals surface area contributed by atoms with Gasteiger partial charge < -0.3 is 11.1 Å². The highest BCUT2D eigenvalue weighted by Crippen LogP contribution is 2.32. The highest BCUT2D eigenvalue weighted by atomic mass is 19.4. The van der Waals surface area contributed by atoms with Crippen molar-refractivity contribution in [2.24, 2.45) is 0 Å². The molecule has 0 fully saturated rings. The average molecular weight is 271 g/mol. The van der Waals surface area contributed by atoms with Gasteiger partial charge in [-0.15, -0.1) is 0 Å². The van der Waals surface area contributed by atoms with E-state index >= 15 is 0 Å². The van der Waals surface area contributed by atoms with Crippen LogP contribution in [0, 0.1) is 5.82 Å². The third-order valence-corrected chi connectivity index (χ3v) is 2.33. The number of benzene rings is 1. The van der Waals surface area contributed by atoms with Gasteiger partial charge in [0.15, 0.2) is 0 Å². The van der Waals surface area contributed by atoms with Crippen LogP contribution in [0.2, 0.25) is 0 Å². The zero-order valence-corrected chi connectivity index (χ0v) is 9.50. The standard InChI is InChI=1S/C12H9F4N3/c13-10-2-1-7(12(14,15)16)3-11(10)19-9-4-8(17)5-18-6-9/h1-6,19H,17H2. The molecule has 1 aromatic carbocycles. The van der Waals surface area contributed by atoms with Crippen LogP contribution in [0.3, 0.4) is 0 Å². The largest absolute Gasteiger partial charge is 0.416 e. The SMILES string of the molecule is Nc1cncc(Nc2cc(C(F)(F)F)ccc2F)c1. The molecule has 1 heterocycles. The maximum absolute atomic E-state index is 13.5. The van der Waals surface area contributed by atoms with Crippen molar-refractivity contribution in [3.8, 4) is 0 Å². The van der Waals surface area contributed by atoms with Gasteiger partial charge in [0.05, 0.1) is 28.8 Å². The molecule has 0 saturated carbocycles. The highest BCUT2D eigenvalue weighted by Gasteiger charge is 2.31. The van der Waals surface area contributed by atoms with Crippen molar-refractivity contribution in [2.45, 2.75) is 6.18 Å². The highest BCUT2D eigenvalue weighted by molar-refractivity contribution is 5.63. The van der Waals surface area contributed by atoms with Gasteiger partial charge in [0.25, 0.3) is 0 Å². The van der Waals surface area contributed by atoms with Crippen molar-refractivity contribution < 1.29 is 17.6 Å². The number of hydrogen-bond acceptors (Lipinski definition) is 3. The third-order valence-electron chi connectivity index (χ3n) is 2.33. The van der Waals surface area contributed by atoms with E-state index in [1.807, 2.05) is 0 Å². The molecule has 0 unspecified atom stereocenters. The van der Waals surface area contributed by atoms with E-state index in [9.17, 15) is 17.6 Å². The lowest BCUT2D eigenvalue weighted by Gasteiger charge is -2.11. The maximum atomic E-state index is 13.5. The predicted molar refractivity (Wildman–Crippen MR) is 63.3 cm³/mol. The minimum atomic E-state index is -4.53. The first-order valence-electron chi connectivity index (χ1n) is 5.20. The number of nitrogen functional groups attached to an aromatic ring is 1.